The van der Waals surface area contributed by atoms with Crippen molar-refractivity contribution in [3.8, 4) is 0 Å². The van der Waals surface area contributed by atoms with Gasteiger partial charge in [0.25, 0.3) is 10.1 Å². The first-order valence-electron chi connectivity index (χ1n) is 8.02. The molecule has 3 rings (SSSR count). The van der Waals surface area contributed by atoms with Crippen LogP contribution in [0.5, 0.6) is 0 Å². The van der Waals surface area contributed by atoms with Crippen molar-refractivity contribution in [3.63, 3.8) is 0 Å². The fourth-order valence-corrected chi connectivity index (χ4v) is 3.85. The number of hydrogen-bond acceptors (Lipinski definition) is 9. The van der Waals surface area contributed by atoms with Crippen LogP contribution in [0.25, 0.3) is 0 Å². The fourth-order valence-electron chi connectivity index (χ4n) is 2.74. The van der Waals surface area contributed by atoms with Crippen molar-refractivity contribution in [1.82, 2.24) is 9.55 Å². The van der Waals surface area contributed by atoms with Gasteiger partial charge in [-0.15, -0.1) is 0 Å². The molecule has 0 amide bonds. The van der Waals surface area contributed by atoms with Gasteiger partial charge in [-0.05, 0) is 25.1 Å². The second kappa shape index (κ2) is 7.37. The van der Waals surface area contributed by atoms with Gasteiger partial charge in [-0.2, -0.15) is 13.4 Å². The Balaban J connectivity index is 1.88. The third kappa shape index (κ3) is 3.87. The number of ether oxygens (including phenoxy) is 1. The van der Waals surface area contributed by atoms with E-state index < -0.39 is 47.0 Å². The van der Waals surface area contributed by atoms with Crippen LogP contribution in [0.15, 0.2) is 46.2 Å². The zero-order valence-electron chi connectivity index (χ0n) is 14.3. The lowest BCUT2D eigenvalue weighted by Gasteiger charge is -2.19. The summed E-state index contributed by atoms with van der Waals surface area (Å²) < 4.78 is 36.5. The number of aliphatic hydroxyl groups excluding tert-OH is 2. The number of aromatic nitrogens is 2. The van der Waals surface area contributed by atoms with Gasteiger partial charge in [0, 0.05) is 6.20 Å². The minimum Gasteiger partial charge on any atom is -0.394 e. The van der Waals surface area contributed by atoms with Crippen LogP contribution >= 0.6 is 0 Å². The highest BCUT2D eigenvalue weighted by Gasteiger charge is 2.48. The zero-order valence-corrected chi connectivity index (χ0v) is 15.1. The number of nitrogen functional groups attached to an aromatic ring is 1. The van der Waals surface area contributed by atoms with E-state index in [-0.39, 0.29) is 10.7 Å². The van der Waals surface area contributed by atoms with Gasteiger partial charge in [0.1, 0.15) is 24.1 Å². The molecule has 2 unspecified atom stereocenters. The van der Waals surface area contributed by atoms with Crippen LogP contribution in [0, 0.1) is 6.92 Å². The number of nitrogens with zero attached hydrogens (tertiary/aromatic N) is 2. The molecule has 0 spiro atoms. The Kier molecular flexibility index (Phi) is 5.31. The molecule has 1 aliphatic heterocycles. The Morgan fingerprint density at radius 2 is 1.96 bits per heavy atom. The van der Waals surface area contributed by atoms with Crippen LogP contribution in [-0.4, -0.2) is 53.1 Å². The van der Waals surface area contributed by atoms with Gasteiger partial charge in [0.05, 0.1) is 11.5 Å². The Bertz CT molecular complexity index is 974. The van der Waals surface area contributed by atoms with Crippen LogP contribution in [0.1, 0.15) is 11.8 Å². The van der Waals surface area contributed by atoms with E-state index in [1.165, 1.54) is 24.4 Å². The summed E-state index contributed by atoms with van der Waals surface area (Å²) in [6.45, 7) is 1.18. The molecule has 1 saturated heterocycles. The Hall–Kier alpha value is -2.31. The highest BCUT2D eigenvalue weighted by molar-refractivity contribution is 7.86. The summed E-state index contributed by atoms with van der Waals surface area (Å²) >= 11 is 0. The summed E-state index contributed by atoms with van der Waals surface area (Å²) in [5.74, 6) is -0.0165. The minimum absolute atomic E-state index is 0.0165. The normalized spacial score (nSPS) is 25.6. The van der Waals surface area contributed by atoms with E-state index >= 15 is 0 Å². The number of anilines is 1. The van der Waals surface area contributed by atoms with Gasteiger partial charge in [-0.1, -0.05) is 17.7 Å². The summed E-state index contributed by atoms with van der Waals surface area (Å²) in [7, 11) is -4.23. The Labute approximate surface area is 154 Å². The molecule has 4 N–H and O–H groups in total. The average molecular weight is 397 g/mol. The average Bonchev–Trinajstić information content (AvgIpc) is 2.91. The van der Waals surface area contributed by atoms with Crippen LogP contribution < -0.4 is 11.4 Å². The molecule has 10 nitrogen and oxygen atoms in total. The molecule has 4 atom stereocenters. The molecule has 1 aromatic heterocycles. The zero-order chi connectivity index (χ0) is 19.8. The Morgan fingerprint density at radius 1 is 1.30 bits per heavy atom. The summed E-state index contributed by atoms with van der Waals surface area (Å²) in [5, 5.41) is 20.0. The molecule has 2 heterocycles. The van der Waals surface area contributed by atoms with Gasteiger partial charge in [0.15, 0.2) is 6.23 Å². The number of aliphatic hydroxyl groups is 2. The maximum atomic E-state index is 12.5. The molecule has 0 bridgehead atoms. The molecule has 1 fully saturated rings. The number of benzene rings is 1. The molecule has 0 aliphatic carbocycles. The maximum absolute atomic E-state index is 12.5. The van der Waals surface area contributed by atoms with Crippen molar-refractivity contribution < 1.29 is 27.6 Å². The smallest absolute Gasteiger partial charge is 0.351 e. The monoisotopic (exact) mass is 397 g/mol. The summed E-state index contributed by atoms with van der Waals surface area (Å²) in [5.41, 5.74) is 5.50. The van der Waals surface area contributed by atoms with Crippen LogP contribution in [0.4, 0.5) is 5.82 Å². The van der Waals surface area contributed by atoms with Gasteiger partial charge in [-0.25, -0.2) is 4.79 Å². The van der Waals surface area contributed by atoms with E-state index in [9.17, 15) is 23.4 Å². The topological polar surface area (TPSA) is 154 Å². The standard InChI is InChI=1S/C16H19N3O7S/c1-9-2-4-10(5-3-9)27(23,24)26-14-11(8-20)25-15(13(14)21)19-7-6-12(17)18-16(19)22/h2-7,11,13-15,20-21H,8H2,1H3,(H2,17,18,22)/t11-,13?,14?,15-/m1/s1. The van der Waals surface area contributed by atoms with Gasteiger partial charge in [-0.3, -0.25) is 8.75 Å². The predicted molar refractivity (Wildman–Crippen MR) is 93.1 cm³/mol. The van der Waals surface area contributed by atoms with E-state index in [0.717, 1.165) is 10.1 Å². The first-order chi connectivity index (χ1) is 12.7. The van der Waals surface area contributed by atoms with Gasteiger partial charge < -0.3 is 20.7 Å². The fraction of sp³-hybridized carbons (Fsp3) is 0.375. The lowest BCUT2D eigenvalue weighted by Crippen LogP contribution is -2.39. The summed E-state index contributed by atoms with van der Waals surface area (Å²) in [6, 6.07) is 7.26. The summed E-state index contributed by atoms with van der Waals surface area (Å²) in [4.78, 5) is 15.4. The highest BCUT2D eigenvalue weighted by atomic mass is 32.2. The lowest BCUT2D eigenvalue weighted by molar-refractivity contribution is -0.0542. The number of rotatable bonds is 5. The van der Waals surface area contributed by atoms with Crippen molar-refractivity contribution in [2.75, 3.05) is 12.3 Å². The van der Waals surface area contributed by atoms with Crippen molar-refractivity contribution in [3.05, 3.63) is 52.6 Å². The number of aryl methyl sites for hydroxylation is 1. The molecule has 0 radical (unpaired) electrons. The van der Waals surface area contributed by atoms with Crippen LogP contribution in [-0.2, 0) is 19.0 Å². The molecular weight excluding hydrogens is 378 g/mol. The second-order valence-corrected chi connectivity index (χ2v) is 7.68. The summed E-state index contributed by atoms with van der Waals surface area (Å²) in [6.07, 6.45) is -4.18. The third-order valence-electron chi connectivity index (χ3n) is 4.16. The molecule has 27 heavy (non-hydrogen) atoms. The molecule has 146 valence electrons. The van der Waals surface area contributed by atoms with E-state index in [1.807, 2.05) is 0 Å². The van der Waals surface area contributed by atoms with Crippen molar-refractivity contribution in [1.29, 1.82) is 0 Å². The van der Waals surface area contributed by atoms with E-state index in [2.05, 4.69) is 4.98 Å². The number of hydrogen-bond donors (Lipinski definition) is 3. The van der Waals surface area contributed by atoms with Crippen molar-refractivity contribution >= 4 is 15.9 Å². The second-order valence-electron chi connectivity index (χ2n) is 6.11. The quantitative estimate of drug-likeness (QED) is 0.548. The predicted octanol–water partition coefficient (Wildman–Crippen LogP) is -0.841. The van der Waals surface area contributed by atoms with Crippen molar-refractivity contribution in [2.45, 2.75) is 36.4 Å². The van der Waals surface area contributed by atoms with Crippen molar-refractivity contribution in [2.24, 2.45) is 0 Å². The molecule has 0 saturated carbocycles. The van der Waals surface area contributed by atoms with Crippen LogP contribution in [0.2, 0.25) is 0 Å². The van der Waals surface area contributed by atoms with E-state index in [4.69, 9.17) is 14.7 Å². The van der Waals surface area contributed by atoms with Gasteiger partial charge >= 0.3 is 5.69 Å². The lowest BCUT2D eigenvalue weighted by atomic mass is 10.1. The Morgan fingerprint density at radius 3 is 2.56 bits per heavy atom. The largest absolute Gasteiger partial charge is 0.394 e. The van der Waals surface area contributed by atoms with E-state index in [0.29, 0.717) is 0 Å². The molecule has 1 aromatic carbocycles. The molecule has 2 aromatic rings. The molecule has 11 heteroatoms. The number of nitrogens with two attached hydrogens (primary N) is 1. The molecule has 1 aliphatic rings. The van der Waals surface area contributed by atoms with Gasteiger partial charge in [0.2, 0.25) is 0 Å². The minimum atomic E-state index is -4.23. The first-order valence-corrected chi connectivity index (χ1v) is 9.43. The SMILES string of the molecule is Cc1ccc(S(=O)(=O)OC2C(O)[C@H](n3ccc(N)nc3=O)O[C@@H]2CO)cc1. The maximum Gasteiger partial charge on any atom is 0.351 e. The highest BCUT2D eigenvalue weighted by Crippen LogP contribution is 2.32. The first kappa shape index (κ1) is 19.5. The van der Waals surface area contributed by atoms with E-state index in [1.54, 1.807) is 19.1 Å². The molecular formula is C16H19N3O7S. The third-order valence-corrected chi connectivity index (χ3v) is 5.49. The van der Waals surface area contributed by atoms with Crippen LogP contribution in [0.3, 0.4) is 0 Å².